The molecule has 0 fully saturated rings. The van der Waals surface area contributed by atoms with Gasteiger partial charge in [0.05, 0.1) is 5.75 Å². The molecule has 3 N–H and O–H groups in total. The summed E-state index contributed by atoms with van der Waals surface area (Å²) in [6, 6.07) is 8.74. The third-order valence-electron chi connectivity index (χ3n) is 2.81. The molecule has 0 unspecified atom stereocenters. The van der Waals surface area contributed by atoms with E-state index in [0.29, 0.717) is 5.69 Å². The molecular formula is C15H14F2N2OS. The van der Waals surface area contributed by atoms with Crippen molar-refractivity contribution in [1.82, 2.24) is 0 Å². The Balaban J connectivity index is 1.92. The maximum atomic E-state index is 13.0. The first-order valence-electron chi connectivity index (χ1n) is 6.19. The summed E-state index contributed by atoms with van der Waals surface area (Å²) in [6.45, 7) is 1.89. The molecule has 21 heavy (non-hydrogen) atoms. The second-order valence-corrected chi connectivity index (χ2v) is 5.53. The van der Waals surface area contributed by atoms with Gasteiger partial charge in [0.15, 0.2) is 11.6 Å². The van der Waals surface area contributed by atoms with Gasteiger partial charge < -0.3 is 11.1 Å². The van der Waals surface area contributed by atoms with Crippen LogP contribution in [0, 0.1) is 18.6 Å². The smallest absolute Gasteiger partial charge is 0.234 e. The molecule has 0 radical (unpaired) electrons. The Morgan fingerprint density at radius 2 is 1.95 bits per heavy atom. The van der Waals surface area contributed by atoms with Crippen LogP contribution in [-0.4, -0.2) is 11.7 Å². The fourth-order valence-corrected chi connectivity index (χ4v) is 2.45. The summed E-state index contributed by atoms with van der Waals surface area (Å²) in [6.07, 6.45) is 0. The summed E-state index contributed by atoms with van der Waals surface area (Å²) < 4.78 is 25.8. The highest BCUT2D eigenvalue weighted by Crippen LogP contribution is 2.22. The van der Waals surface area contributed by atoms with Gasteiger partial charge in [0.1, 0.15) is 0 Å². The number of anilines is 2. The van der Waals surface area contributed by atoms with Crippen molar-refractivity contribution < 1.29 is 13.6 Å². The zero-order valence-electron chi connectivity index (χ0n) is 11.3. The van der Waals surface area contributed by atoms with Crippen molar-refractivity contribution in [3.63, 3.8) is 0 Å². The molecule has 2 rings (SSSR count). The Labute approximate surface area is 125 Å². The van der Waals surface area contributed by atoms with Crippen molar-refractivity contribution in [2.45, 2.75) is 11.8 Å². The van der Waals surface area contributed by atoms with Crippen LogP contribution >= 0.6 is 11.8 Å². The quantitative estimate of drug-likeness (QED) is 0.670. The molecule has 0 saturated heterocycles. The second kappa shape index (κ2) is 6.58. The topological polar surface area (TPSA) is 55.1 Å². The van der Waals surface area contributed by atoms with Crippen molar-refractivity contribution in [2.24, 2.45) is 0 Å². The van der Waals surface area contributed by atoms with Crippen LogP contribution in [0.25, 0.3) is 0 Å². The van der Waals surface area contributed by atoms with E-state index in [9.17, 15) is 13.6 Å². The van der Waals surface area contributed by atoms with Crippen LogP contribution in [0.3, 0.4) is 0 Å². The van der Waals surface area contributed by atoms with E-state index in [1.165, 1.54) is 17.8 Å². The van der Waals surface area contributed by atoms with Crippen LogP contribution in [0.1, 0.15) is 5.56 Å². The summed E-state index contributed by atoms with van der Waals surface area (Å²) in [5, 5.41) is 2.52. The average Bonchev–Trinajstić information content (AvgIpc) is 2.44. The van der Waals surface area contributed by atoms with Gasteiger partial charge in [-0.3, -0.25) is 4.79 Å². The molecule has 1 amide bonds. The first-order chi connectivity index (χ1) is 9.95. The predicted octanol–water partition coefficient (Wildman–Crippen LogP) is 3.59. The molecule has 0 saturated carbocycles. The minimum absolute atomic E-state index is 0.169. The number of benzene rings is 2. The Morgan fingerprint density at radius 3 is 2.62 bits per heavy atom. The van der Waals surface area contributed by atoms with Gasteiger partial charge in [0.2, 0.25) is 5.91 Å². The normalized spacial score (nSPS) is 10.4. The second-order valence-electron chi connectivity index (χ2n) is 4.48. The molecule has 0 heterocycles. The SMILES string of the molecule is Cc1cc(SCC(=O)Nc2ccc(F)c(F)c2)ccc1N. The van der Waals surface area contributed by atoms with Gasteiger partial charge in [-0.05, 0) is 42.8 Å². The molecule has 2 aromatic rings. The number of thioether (sulfide) groups is 1. The minimum atomic E-state index is -0.991. The third kappa shape index (κ3) is 4.19. The zero-order chi connectivity index (χ0) is 15.4. The number of hydrogen-bond donors (Lipinski definition) is 2. The highest BCUT2D eigenvalue weighted by atomic mass is 32.2. The van der Waals surface area contributed by atoms with Gasteiger partial charge in [-0.15, -0.1) is 11.8 Å². The first kappa shape index (κ1) is 15.3. The monoisotopic (exact) mass is 308 g/mol. The first-order valence-corrected chi connectivity index (χ1v) is 7.18. The number of nitrogens with one attached hydrogen (secondary N) is 1. The van der Waals surface area contributed by atoms with E-state index in [-0.39, 0.29) is 17.3 Å². The molecule has 0 bridgehead atoms. The summed E-state index contributed by atoms with van der Waals surface area (Å²) in [4.78, 5) is 12.7. The fourth-order valence-electron chi connectivity index (χ4n) is 1.66. The van der Waals surface area contributed by atoms with Crippen molar-refractivity contribution in [2.75, 3.05) is 16.8 Å². The van der Waals surface area contributed by atoms with E-state index in [1.807, 2.05) is 19.1 Å². The number of halogens is 2. The lowest BCUT2D eigenvalue weighted by molar-refractivity contribution is -0.113. The maximum Gasteiger partial charge on any atom is 0.234 e. The Bertz CT molecular complexity index is 677. The number of rotatable bonds is 4. The predicted molar refractivity (Wildman–Crippen MR) is 81.3 cm³/mol. The van der Waals surface area contributed by atoms with Gasteiger partial charge in [0.25, 0.3) is 0 Å². The number of nitrogen functional groups attached to an aromatic ring is 1. The van der Waals surface area contributed by atoms with Crippen molar-refractivity contribution in [3.8, 4) is 0 Å². The lowest BCUT2D eigenvalue weighted by Gasteiger charge is -2.07. The number of hydrogen-bond acceptors (Lipinski definition) is 3. The van der Waals surface area contributed by atoms with Crippen molar-refractivity contribution >= 4 is 29.0 Å². The van der Waals surface area contributed by atoms with Gasteiger partial charge in [-0.1, -0.05) is 0 Å². The molecule has 0 spiro atoms. The van der Waals surface area contributed by atoms with Crippen molar-refractivity contribution in [1.29, 1.82) is 0 Å². The molecule has 3 nitrogen and oxygen atoms in total. The molecule has 2 aromatic carbocycles. The van der Waals surface area contributed by atoms with E-state index in [1.54, 1.807) is 6.07 Å². The number of aryl methyl sites for hydroxylation is 1. The summed E-state index contributed by atoms with van der Waals surface area (Å²) in [5.74, 6) is -2.06. The fraction of sp³-hybridized carbons (Fsp3) is 0.133. The molecule has 0 aromatic heterocycles. The molecular weight excluding hydrogens is 294 g/mol. The molecule has 0 atom stereocenters. The highest BCUT2D eigenvalue weighted by molar-refractivity contribution is 8.00. The number of carbonyl (C=O) groups is 1. The van der Waals surface area contributed by atoms with E-state index in [4.69, 9.17) is 5.73 Å². The summed E-state index contributed by atoms with van der Waals surface area (Å²) >= 11 is 1.34. The third-order valence-corrected chi connectivity index (χ3v) is 3.81. The maximum absolute atomic E-state index is 13.0. The number of amides is 1. The summed E-state index contributed by atoms with van der Waals surface area (Å²) in [7, 11) is 0. The van der Waals surface area contributed by atoms with Crippen LogP contribution in [0.5, 0.6) is 0 Å². The zero-order valence-corrected chi connectivity index (χ0v) is 12.1. The number of carbonyl (C=O) groups excluding carboxylic acids is 1. The lowest BCUT2D eigenvalue weighted by Crippen LogP contribution is -2.14. The molecule has 6 heteroatoms. The Morgan fingerprint density at radius 1 is 1.19 bits per heavy atom. The van der Waals surface area contributed by atoms with E-state index in [2.05, 4.69) is 5.32 Å². The van der Waals surface area contributed by atoms with Gasteiger partial charge >= 0.3 is 0 Å². The van der Waals surface area contributed by atoms with Crippen LogP contribution in [0.2, 0.25) is 0 Å². The van der Waals surface area contributed by atoms with Gasteiger partial charge in [-0.25, -0.2) is 8.78 Å². The van der Waals surface area contributed by atoms with Gasteiger partial charge in [0, 0.05) is 22.3 Å². The average molecular weight is 308 g/mol. The van der Waals surface area contributed by atoms with Crippen LogP contribution in [-0.2, 0) is 4.79 Å². The molecule has 0 aliphatic heterocycles. The van der Waals surface area contributed by atoms with E-state index < -0.39 is 11.6 Å². The largest absolute Gasteiger partial charge is 0.399 e. The summed E-state index contributed by atoms with van der Waals surface area (Å²) in [5.41, 5.74) is 7.59. The molecule has 110 valence electrons. The van der Waals surface area contributed by atoms with Crippen LogP contribution < -0.4 is 11.1 Å². The molecule has 0 aliphatic rings. The Hall–Kier alpha value is -2.08. The highest BCUT2D eigenvalue weighted by Gasteiger charge is 2.07. The van der Waals surface area contributed by atoms with E-state index in [0.717, 1.165) is 22.6 Å². The van der Waals surface area contributed by atoms with Crippen molar-refractivity contribution in [3.05, 3.63) is 53.6 Å². The van der Waals surface area contributed by atoms with Gasteiger partial charge in [-0.2, -0.15) is 0 Å². The Kier molecular flexibility index (Phi) is 4.80. The number of nitrogens with two attached hydrogens (primary N) is 1. The minimum Gasteiger partial charge on any atom is -0.399 e. The lowest BCUT2D eigenvalue weighted by atomic mass is 10.2. The van der Waals surface area contributed by atoms with Crippen LogP contribution in [0.4, 0.5) is 20.2 Å². The van der Waals surface area contributed by atoms with Crippen LogP contribution in [0.15, 0.2) is 41.3 Å². The van der Waals surface area contributed by atoms with E-state index >= 15 is 0 Å². The standard InChI is InChI=1S/C15H14F2N2OS/c1-9-6-11(3-5-14(9)18)21-8-15(20)19-10-2-4-12(16)13(17)7-10/h2-7H,8,18H2,1H3,(H,19,20). The molecule has 0 aliphatic carbocycles.